The molecular weight excluding hydrogens is 410 g/mol. The summed E-state index contributed by atoms with van der Waals surface area (Å²) in [7, 11) is 0. The second-order valence-electron chi connectivity index (χ2n) is 6.75. The fraction of sp³-hybridized carbons (Fsp3) is 0.353. The number of thioether (sulfide) groups is 1. The molecule has 1 aromatic carbocycles. The van der Waals surface area contributed by atoms with Crippen LogP contribution in [0.5, 0.6) is 5.75 Å². The van der Waals surface area contributed by atoms with Crippen LogP contribution < -0.4 is 10.3 Å². The van der Waals surface area contributed by atoms with Gasteiger partial charge in [0, 0.05) is 5.41 Å². The molecule has 3 aromatic rings. The number of hydrogen-bond donors (Lipinski definition) is 0. The van der Waals surface area contributed by atoms with Crippen LogP contribution in [0.4, 0.5) is 8.78 Å². The molecule has 0 aliphatic heterocycles. The van der Waals surface area contributed by atoms with Gasteiger partial charge >= 0.3 is 6.61 Å². The molecule has 7 nitrogen and oxygen atoms in total. The number of nitrogens with zero attached hydrogens (tertiary/aromatic N) is 4. The number of hydrogen-bond acceptors (Lipinski definition) is 8. The minimum absolute atomic E-state index is 0.0578. The van der Waals surface area contributed by atoms with Crippen molar-refractivity contribution >= 4 is 33.8 Å². The highest BCUT2D eigenvalue weighted by Gasteiger charge is 2.23. The van der Waals surface area contributed by atoms with Gasteiger partial charge in [-0.15, -0.1) is 15.3 Å². The van der Waals surface area contributed by atoms with Crippen LogP contribution in [0.2, 0.25) is 0 Å². The first-order valence-corrected chi connectivity index (χ1v) is 9.94. The Morgan fingerprint density at radius 1 is 1.29 bits per heavy atom. The van der Waals surface area contributed by atoms with Gasteiger partial charge in [0.05, 0.1) is 11.3 Å². The maximum Gasteiger partial charge on any atom is 0.387 e. The summed E-state index contributed by atoms with van der Waals surface area (Å²) in [4.78, 5) is 25.3. The number of halogens is 2. The van der Waals surface area contributed by atoms with E-state index in [9.17, 15) is 18.4 Å². The normalized spacial score (nSPS) is 11.9. The van der Waals surface area contributed by atoms with Crippen molar-refractivity contribution in [2.75, 3.05) is 5.75 Å². The lowest BCUT2D eigenvalue weighted by atomic mass is 9.93. The maximum absolute atomic E-state index is 12.5. The zero-order valence-electron chi connectivity index (χ0n) is 15.2. The van der Waals surface area contributed by atoms with Crippen LogP contribution in [0.1, 0.15) is 36.8 Å². The van der Waals surface area contributed by atoms with E-state index in [2.05, 4.69) is 20.0 Å². The molecule has 0 N–H and O–H groups in total. The van der Waals surface area contributed by atoms with Crippen molar-refractivity contribution in [2.45, 2.75) is 37.1 Å². The zero-order valence-corrected chi connectivity index (χ0v) is 16.8. The Labute approximate surface area is 166 Å². The van der Waals surface area contributed by atoms with Gasteiger partial charge < -0.3 is 4.74 Å². The van der Waals surface area contributed by atoms with E-state index in [1.165, 1.54) is 22.7 Å². The van der Waals surface area contributed by atoms with Crippen molar-refractivity contribution in [3.63, 3.8) is 0 Å². The third kappa shape index (κ3) is 4.36. The van der Waals surface area contributed by atoms with Gasteiger partial charge in [0.2, 0.25) is 4.96 Å². The first kappa shape index (κ1) is 20.3. The van der Waals surface area contributed by atoms with Crippen LogP contribution in [0, 0.1) is 0 Å². The first-order valence-electron chi connectivity index (χ1n) is 8.13. The molecule has 3 rings (SSSR count). The van der Waals surface area contributed by atoms with Gasteiger partial charge in [0.25, 0.3) is 5.56 Å². The highest BCUT2D eigenvalue weighted by molar-refractivity contribution is 8.01. The van der Waals surface area contributed by atoms with E-state index in [-0.39, 0.29) is 22.6 Å². The molecule has 0 unspecified atom stereocenters. The summed E-state index contributed by atoms with van der Waals surface area (Å²) in [5.41, 5.74) is -0.487. The van der Waals surface area contributed by atoms with Gasteiger partial charge in [0.15, 0.2) is 10.1 Å². The molecule has 11 heteroatoms. The third-order valence-electron chi connectivity index (χ3n) is 3.61. The average Bonchev–Trinajstić information content (AvgIpc) is 3.03. The Morgan fingerprint density at radius 3 is 2.68 bits per heavy atom. The monoisotopic (exact) mass is 426 g/mol. The Balaban J connectivity index is 1.80. The second kappa shape index (κ2) is 7.92. The summed E-state index contributed by atoms with van der Waals surface area (Å²) in [6.45, 7) is 2.53. The van der Waals surface area contributed by atoms with Crippen molar-refractivity contribution in [2.24, 2.45) is 0 Å². The van der Waals surface area contributed by atoms with Crippen molar-refractivity contribution in [3.8, 4) is 5.75 Å². The largest absolute Gasteiger partial charge is 0.434 e. The standard InChI is InChI=1S/C17H16F2N4O3S2/c1-17(2,3)12-13(25)23-15(21-20-12)28-16(22-23)27-8-10(24)9-6-4-5-7-11(9)26-14(18)19/h4-7,14H,8H2,1-3H3. The summed E-state index contributed by atoms with van der Waals surface area (Å²) < 4.78 is 31.0. The van der Waals surface area contributed by atoms with E-state index >= 15 is 0 Å². The van der Waals surface area contributed by atoms with E-state index in [0.717, 1.165) is 23.1 Å². The van der Waals surface area contributed by atoms with E-state index < -0.39 is 17.8 Å². The average molecular weight is 426 g/mol. The number of benzene rings is 1. The van der Waals surface area contributed by atoms with Gasteiger partial charge in [-0.05, 0) is 12.1 Å². The summed E-state index contributed by atoms with van der Waals surface area (Å²) in [6.07, 6.45) is 0. The maximum atomic E-state index is 12.5. The Morgan fingerprint density at radius 2 is 2.00 bits per heavy atom. The Bertz CT molecular complexity index is 1080. The van der Waals surface area contributed by atoms with Crippen LogP contribution >= 0.6 is 23.1 Å². The number of ketones is 1. The molecule has 0 fully saturated rings. The number of carbonyl (C=O) groups excluding carboxylic acids is 1. The van der Waals surface area contributed by atoms with Gasteiger partial charge in [-0.1, -0.05) is 56.0 Å². The van der Waals surface area contributed by atoms with E-state index in [4.69, 9.17) is 0 Å². The lowest BCUT2D eigenvalue weighted by molar-refractivity contribution is -0.0501. The van der Waals surface area contributed by atoms with Crippen LogP contribution in [0.3, 0.4) is 0 Å². The predicted octanol–water partition coefficient (Wildman–Crippen LogP) is 3.42. The van der Waals surface area contributed by atoms with Gasteiger partial charge in [-0.2, -0.15) is 13.3 Å². The molecule has 2 heterocycles. The third-order valence-corrected chi connectivity index (χ3v) is 5.64. The topological polar surface area (TPSA) is 86.4 Å². The number of alkyl halides is 2. The second-order valence-corrected chi connectivity index (χ2v) is 8.93. The molecule has 0 aliphatic carbocycles. The summed E-state index contributed by atoms with van der Waals surface area (Å²) in [5.74, 6) is -0.629. The number of rotatable bonds is 6. The highest BCUT2D eigenvalue weighted by Crippen LogP contribution is 2.27. The number of Topliss-reactive ketones (excluding diaryl/α,β-unsaturated/α-hetero) is 1. The number of aromatic nitrogens is 4. The molecule has 0 radical (unpaired) electrons. The molecule has 0 aliphatic rings. The van der Waals surface area contributed by atoms with Crippen molar-refractivity contribution in [1.82, 2.24) is 19.8 Å². The van der Waals surface area contributed by atoms with E-state index in [1.54, 1.807) is 6.07 Å². The van der Waals surface area contributed by atoms with Crippen LogP contribution in [-0.2, 0) is 5.41 Å². The van der Waals surface area contributed by atoms with Crippen molar-refractivity contribution in [1.29, 1.82) is 0 Å². The number of fused-ring (bicyclic) bond motifs is 1. The molecule has 0 bridgehead atoms. The number of ether oxygens (including phenoxy) is 1. The predicted molar refractivity (Wildman–Crippen MR) is 102 cm³/mol. The van der Waals surface area contributed by atoms with Gasteiger partial charge in [0.1, 0.15) is 11.4 Å². The number of para-hydroxylation sites is 1. The van der Waals surface area contributed by atoms with Crippen molar-refractivity contribution in [3.05, 3.63) is 45.9 Å². The fourth-order valence-electron chi connectivity index (χ4n) is 2.33. The molecule has 0 saturated heterocycles. The molecule has 148 valence electrons. The summed E-state index contributed by atoms with van der Waals surface area (Å²) in [5, 5.41) is 12.2. The zero-order chi connectivity index (χ0) is 20.5. The molecule has 0 atom stereocenters. The lowest BCUT2D eigenvalue weighted by Gasteiger charge is -2.14. The molecule has 0 spiro atoms. The quantitative estimate of drug-likeness (QED) is 0.441. The molecule has 0 amide bonds. The van der Waals surface area contributed by atoms with Gasteiger partial charge in [-0.3, -0.25) is 9.59 Å². The lowest BCUT2D eigenvalue weighted by Crippen LogP contribution is -2.30. The van der Waals surface area contributed by atoms with Crippen molar-refractivity contribution < 1.29 is 18.3 Å². The molecular formula is C17H16F2N4O3S2. The smallest absolute Gasteiger partial charge is 0.387 e. The minimum atomic E-state index is -3.02. The van der Waals surface area contributed by atoms with Gasteiger partial charge in [-0.25, -0.2) is 0 Å². The first-order chi connectivity index (χ1) is 13.2. The summed E-state index contributed by atoms with van der Waals surface area (Å²) >= 11 is 2.21. The van der Waals surface area contributed by atoms with Crippen LogP contribution in [0.15, 0.2) is 33.4 Å². The summed E-state index contributed by atoms with van der Waals surface area (Å²) in [6, 6.07) is 5.81. The van der Waals surface area contributed by atoms with Crippen LogP contribution in [-0.4, -0.2) is 38.0 Å². The minimum Gasteiger partial charge on any atom is -0.434 e. The molecule has 2 aromatic heterocycles. The molecule has 0 saturated carbocycles. The Hall–Kier alpha value is -2.40. The van der Waals surface area contributed by atoms with Crippen LogP contribution in [0.25, 0.3) is 4.96 Å². The SMILES string of the molecule is CC(C)(C)c1nnc2sc(SCC(=O)c3ccccc3OC(F)F)nn2c1=O. The van der Waals surface area contributed by atoms with E-state index in [0.29, 0.717) is 15.0 Å². The molecule has 28 heavy (non-hydrogen) atoms. The van der Waals surface area contributed by atoms with E-state index in [1.807, 2.05) is 20.8 Å². The number of carbonyl (C=O) groups is 1. The highest BCUT2D eigenvalue weighted by atomic mass is 32.2. The Kier molecular flexibility index (Phi) is 5.75. The fourth-order valence-corrected chi connectivity index (χ4v) is 4.08.